The highest BCUT2D eigenvalue weighted by molar-refractivity contribution is 7.92. The van der Waals surface area contributed by atoms with Gasteiger partial charge in [0.05, 0.1) is 16.9 Å². The maximum absolute atomic E-state index is 12.1. The molecule has 0 aromatic heterocycles. The Bertz CT molecular complexity index is 734. The topological polar surface area (TPSA) is 97.8 Å². The number of hydrogen-bond acceptors (Lipinski definition) is 6. The van der Waals surface area contributed by atoms with Crippen molar-refractivity contribution < 1.29 is 27.6 Å². The standard InChI is InChI=1S/C14H13NO6S/c16-12-9-5-1-2-6-10(9)13(17)15(12)21-14(18)11-7-3-4-8-22(11,19)20/h1-2,5-6,11H,3-4,7-8H2. The molecule has 2 aliphatic rings. The first-order valence-corrected chi connectivity index (χ1v) is 8.54. The second-order valence-corrected chi connectivity index (χ2v) is 7.52. The van der Waals surface area contributed by atoms with Crippen molar-refractivity contribution in [1.82, 2.24) is 5.06 Å². The van der Waals surface area contributed by atoms with E-state index in [0.29, 0.717) is 17.9 Å². The Morgan fingerprint density at radius 3 is 2.23 bits per heavy atom. The number of rotatable bonds is 2. The van der Waals surface area contributed by atoms with Crippen molar-refractivity contribution >= 4 is 27.6 Å². The molecule has 1 unspecified atom stereocenters. The summed E-state index contributed by atoms with van der Waals surface area (Å²) in [6.07, 6.45) is 1.23. The van der Waals surface area contributed by atoms with E-state index in [0.717, 1.165) is 0 Å². The van der Waals surface area contributed by atoms with Crippen LogP contribution in [0.4, 0.5) is 0 Å². The van der Waals surface area contributed by atoms with Gasteiger partial charge in [-0.05, 0) is 25.0 Å². The lowest BCUT2D eigenvalue weighted by Crippen LogP contribution is -2.42. The van der Waals surface area contributed by atoms with Gasteiger partial charge in [0, 0.05) is 0 Å². The fourth-order valence-corrected chi connectivity index (χ4v) is 4.37. The highest BCUT2D eigenvalue weighted by atomic mass is 32.2. The molecule has 1 saturated heterocycles. The van der Waals surface area contributed by atoms with E-state index in [1.807, 2.05) is 0 Å². The molecule has 1 atom stereocenters. The van der Waals surface area contributed by atoms with Gasteiger partial charge in [0.25, 0.3) is 11.8 Å². The van der Waals surface area contributed by atoms with Crippen molar-refractivity contribution in [1.29, 1.82) is 0 Å². The highest BCUT2D eigenvalue weighted by Crippen LogP contribution is 2.25. The molecule has 116 valence electrons. The first kappa shape index (κ1) is 14.7. The van der Waals surface area contributed by atoms with E-state index in [9.17, 15) is 22.8 Å². The lowest BCUT2D eigenvalue weighted by Gasteiger charge is -2.22. The normalized spacial score (nSPS) is 23.3. The van der Waals surface area contributed by atoms with Crippen molar-refractivity contribution in [3.63, 3.8) is 0 Å². The van der Waals surface area contributed by atoms with Gasteiger partial charge in [-0.3, -0.25) is 9.59 Å². The zero-order valence-corrected chi connectivity index (χ0v) is 12.3. The predicted octanol–water partition coefficient (Wildman–Crippen LogP) is 0.708. The molecule has 1 aromatic rings. The number of hydrogen-bond donors (Lipinski definition) is 0. The zero-order valence-electron chi connectivity index (χ0n) is 11.5. The Morgan fingerprint density at radius 2 is 1.68 bits per heavy atom. The molecule has 0 radical (unpaired) electrons. The van der Waals surface area contributed by atoms with Gasteiger partial charge in [-0.1, -0.05) is 23.6 Å². The van der Waals surface area contributed by atoms with Crippen molar-refractivity contribution in [2.75, 3.05) is 5.75 Å². The van der Waals surface area contributed by atoms with Crippen LogP contribution in [0.15, 0.2) is 24.3 Å². The smallest absolute Gasteiger partial charge is 0.328 e. The van der Waals surface area contributed by atoms with E-state index in [4.69, 9.17) is 4.84 Å². The lowest BCUT2D eigenvalue weighted by atomic mass is 10.1. The molecule has 2 aliphatic heterocycles. The third kappa shape index (κ3) is 2.29. The highest BCUT2D eigenvalue weighted by Gasteiger charge is 2.43. The molecule has 3 rings (SSSR count). The molecule has 1 aromatic carbocycles. The molecule has 0 saturated carbocycles. The first-order chi connectivity index (χ1) is 10.4. The molecule has 1 fully saturated rings. The molecule has 7 nitrogen and oxygen atoms in total. The van der Waals surface area contributed by atoms with Gasteiger partial charge in [-0.2, -0.15) is 0 Å². The Kier molecular flexibility index (Phi) is 3.48. The van der Waals surface area contributed by atoms with Crippen LogP contribution < -0.4 is 0 Å². The van der Waals surface area contributed by atoms with Crippen LogP contribution in [0.1, 0.15) is 40.0 Å². The van der Waals surface area contributed by atoms with Crippen LogP contribution in [0.3, 0.4) is 0 Å². The van der Waals surface area contributed by atoms with Gasteiger partial charge in [0.2, 0.25) is 0 Å². The summed E-state index contributed by atoms with van der Waals surface area (Å²) in [7, 11) is -3.59. The molecule has 0 bridgehead atoms. The molecule has 2 amide bonds. The minimum atomic E-state index is -3.59. The van der Waals surface area contributed by atoms with E-state index in [1.54, 1.807) is 12.1 Å². The monoisotopic (exact) mass is 323 g/mol. The zero-order chi connectivity index (χ0) is 15.9. The van der Waals surface area contributed by atoms with Crippen LogP contribution in [-0.4, -0.2) is 42.3 Å². The van der Waals surface area contributed by atoms with Crippen LogP contribution >= 0.6 is 0 Å². The second-order valence-electron chi connectivity index (χ2n) is 5.21. The van der Waals surface area contributed by atoms with Gasteiger partial charge in [0.15, 0.2) is 15.1 Å². The summed E-state index contributed by atoms with van der Waals surface area (Å²) in [5.41, 5.74) is 0.263. The second kappa shape index (κ2) is 5.20. The minimum Gasteiger partial charge on any atom is -0.328 e. The molecule has 2 heterocycles. The van der Waals surface area contributed by atoms with Gasteiger partial charge in [0.1, 0.15) is 0 Å². The summed E-state index contributed by atoms with van der Waals surface area (Å²) in [6.45, 7) is 0. The summed E-state index contributed by atoms with van der Waals surface area (Å²) in [5, 5.41) is -0.970. The largest absolute Gasteiger partial charge is 0.351 e. The molecule has 22 heavy (non-hydrogen) atoms. The van der Waals surface area contributed by atoms with E-state index in [1.165, 1.54) is 12.1 Å². The molecule has 0 N–H and O–H groups in total. The van der Waals surface area contributed by atoms with Crippen molar-refractivity contribution in [3.05, 3.63) is 35.4 Å². The summed E-state index contributed by atoms with van der Waals surface area (Å²) in [4.78, 5) is 41.0. The maximum Gasteiger partial charge on any atom is 0.351 e. The van der Waals surface area contributed by atoms with Gasteiger partial charge >= 0.3 is 5.97 Å². The molecule has 8 heteroatoms. The van der Waals surface area contributed by atoms with E-state index in [2.05, 4.69) is 0 Å². The summed E-state index contributed by atoms with van der Waals surface area (Å²) >= 11 is 0. The summed E-state index contributed by atoms with van der Waals surface area (Å²) in [5.74, 6) is -2.69. The van der Waals surface area contributed by atoms with Crippen molar-refractivity contribution in [3.8, 4) is 0 Å². The first-order valence-electron chi connectivity index (χ1n) is 6.83. The van der Waals surface area contributed by atoms with E-state index in [-0.39, 0.29) is 23.3 Å². The number of fused-ring (bicyclic) bond motifs is 1. The van der Waals surface area contributed by atoms with Gasteiger partial charge in [-0.15, -0.1) is 0 Å². The Labute approximate surface area is 126 Å². The number of amides is 2. The van der Waals surface area contributed by atoms with Crippen LogP contribution in [0.25, 0.3) is 0 Å². The number of hydroxylamine groups is 2. The Morgan fingerprint density at radius 1 is 1.09 bits per heavy atom. The summed E-state index contributed by atoms with van der Waals surface area (Å²) in [6, 6.07) is 6.06. The number of sulfone groups is 1. The predicted molar refractivity (Wildman–Crippen MR) is 74.5 cm³/mol. The quantitative estimate of drug-likeness (QED) is 0.743. The molecule has 0 spiro atoms. The average molecular weight is 323 g/mol. The number of nitrogens with zero attached hydrogens (tertiary/aromatic N) is 1. The van der Waals surface area contributed by atoms with Crippen LogP contribution in [0.2, 0.25) is 0 Å². The SMILES string of the molecule is O=C(ON1C(=O)c2ccccc2C1=O)C1CCCCS1(=O)=O. The van der Waals surface area contributed by atoms with Crippen LogP contribution in [0.5, 0.6) is 0 Å². The third-order valence-corrected chi connectivity index (χ3v) is 5.93. The van der Waals surface area contributed by atoms with Crippen LogP contribution in [0, 0.1) is 0 Å². The number of benzene rings is 1. The van der Waals surface area contributed by atoms with Gasteiger partial charge in [-0.25, -0.2) is 13.2 Å². The van der Waals surface area contributed by atoms with Crippen molar-refractivity contribution in [2.45, 2.75) is 24.5 Å². The van der Waals surface area contributed by atoms with Gasteiger partial charge < -0.3 is 4.84 Å². The Hall–Kier alpha value is -2.22. The number of imide groups is 1. The number of carbonyl (C=O) groups excluding carboxylic acids is 3. The molecule has 0 aliphatic carbocycles. The third-order valence-electron chi connectivity index (χ3n) is 3.78. The fraction of sp³-hybridized carbons (Fsp3) is 0.357. The fourth-order valence-electron chi connectivity index (χ4n) is 2.62. The van der Waals surface area contributed by atoms with E-state index >= 15 is 0 Å². The molecular weight excluding hydrogens is 310 g/mol. The van der Waals surface area contributed by atoms with Crippen molar-refractivity contribution in [2.24, 2.45) is 0 Å². The maximum atomic E-state index is 12.1. The minimum absolute atomic E-state index is 0.0884. The average Bonchev–Trinajstić information content (AvgIpc) is 2.72. The Balaban J connectivity index is 1.81. The summed E-state index contributed by atoms with van der Waals surface area (Å²) < 4.78 is 23.8. The van der Waals surface area contributed by atoms with E-state index < -0.39 is 32.9 Å². The lowest BCUT2D eigenvalue weighted by molar-refractivity contribution is -0.168. The van der Waals surface area contributed by atoms with Crippen LogP contribution in [-0.2, 0) is 19.5 Å². The molecular formula is C14H13NO6S. The number of carbonyl (C=O) groups is 3.